The highest BCUT2D eigenvalue weighted by Gasteiger charge is 2.18. The van der Waals surface area contributed by atoms with Gasteiger partial charge >= 0.3 is 0 Å². The summed E-state index contributed by atoms with van der Waals surface area (Å²) in [6, 6.07) is 12.8. The average Bonchev–Trinajstić information content (AvgIpc) is 2.80. The molecule has 0 atom stereocenters. The lowest BCUT2D eigenvalue weighted by Gasteiger charge is -2.07. The Kier molecular flexibility index (Phi) is 6.09. The highest BCUT2D eigenvalue weighted by molar-refractivity contribution is 5.97. The second-order valence-corrected chi connectivity index (χ2v) is 7.11. The van der Waals surface area contributed by atoms with E-state index in [-0.39, 0.29) is 6.42 Å². The van der Waals surface area contributed by atoms with E-state index in [4.69, 9.17) is 0 Å². The summed E-state index contributed by atoms with van der Waals surface area (Å²) < 4.78 is 27.7. The number of nitrogens with zero attached hydrogens (tertiary/aromatic N) is 3. The summed E-state index contributed by atoms with van der Waals surface area (Å²) in [7, 11) is 0. The van der Waals surface area contributed by atoms with Crippen LogP contribution in [0.4, 0.5) is 8.78 Å². The Morgan fingerprint density at radius 1 is 0.906 bits per heavy atom. The molecule has 0 fully saturated rings. The van der Waals surface area contributed by atoms with Crippen molar-refractivity contribution in [2.24, 2.45) is 0 Å². The summed E-state index contributed by atoms with van der Waals surface area (Å²) in [4.78, 5) is 25.1. The molecule has 4 nitrogen and oxygen atoms in total. The molecule has 4 aromatic rings. The zero-order valence-electron chi connectivity index (χ0n) is 17.1. The van der Waals surface area contributed by atoms with Crippen molar-refractivity contribution in [3.63, 3.8) is 0 Å². The van der Waals surface area contributed by atoms with Crippen molar-refractivity contribution in [1.82, 2.24) is 15.0 Å². The Hall–Kier alpha value is -4.24. The minimum atomic E-state index is -0.889. The molecular weight excluding hydrogens is 408 g/mol. The number of ketones is 1. The van der Waals surface area contributed by atoms with Crippen LogP contribution in [0.15, 0.2) is 73.3 Å². The molecule has 4 rings (SSSR count). The summed E-state index contributed by atoms with van der Waals surface area (Å²) in [6.45, 7) is 1.95. The number of pyridine rings is 1. The van der Waals surface area contributed by atoms with Crippen LogP contribution in [0, 0.1) is 30.4 Å². The van der Waals surface area contributed by atoms with E-state index in [0.29, 0.717) is 11.4 Å². The van der Waals surface area contributed by atoms with Gasteiger partial charge in [-0.2, -0.15) is 0 Å². The van der Waals surface area contributed by atoms with Gasteiger partial charge in [-0.3, -0.25) is 19.7 Å². The highest BCUT2D eigenvalue weighted by atomic mass is 19.1. The average molecular weight is 425 g/mol. The first-order chi connectivity index (χ1) is 15.5. The van der Waals surface area contributed by atoms with Crippen LogP contribution >= 0.6 is 0 Å². The molecule has 0 radical (unpaired) electrons. The van der Waals surface area contributed by atoms with Gasteiger partial charge in [-0.1, -0.05) is 24.0 Å². The number of halogens is 2. The SMILES string of the molecule is Cc1ccc(C#Cc2cccnc2)cc1-c1cnc(CC(=O)c2c(F)cccc2F)cn1. The molecule has 0 aliphatic rings. The molecular formula is C26H17F2N3O. The quantitative estimate of drug-likeness (QED) is 0.343. The minimum Gasteiger partial charge on any atom is -0.294 e. The van der Waals surface area contributed by atoms with Gasteiger partial charge in [-0.05, 0) is 48.9 Å². The lowest BCUT2D eigenvalue weighted by molar-refractivity contribution is 0.0983. The van der Waals surface area contributed by atoms with Crippen LogP contribution in [0.25, 0.3) is 11.3 Å². The molecule has 0 unspecified atom stereocenters. The van der Waals surface area contributed by atoms with E-state index in [2.05, 4.69) is 26.8 Å². The monoisotopic (exact) mass is 425 g/mol. The maximum Gasteiger partial charge on any atom is 0.174 e. The Morgan fingerprint density at radius 3 is 2.38 bits per heavy atom. The molecule has 32 heavy (non-hydrogen) atoms. The number of rotatable bonds is 4. The second-order valence-electron chi connectivity index (χ2n) is 7.11. The number of Topliss-reactive ketones (excluding diaryl/α,β-unsaturated/α-hetero) is 1. The van der Waals surface area contributed by atoms with E-state index in [1.807, 2.05) is 37.3 Å². The molecule has 0 saturated heterocycles. The Bertz CT molecular complexity index is 1320. The summed E-state index contributed by atoms with van der Waals surface area (Å²) >= 11 is 0. The van der Waals surface area contributed by atoms with Crippen LogP contribution in [0.1, 0.15) is 32.7 Å². The predicted octanol–water partition coefficient (Wildman–Crippen LogP) is 4.95. The number of carbonyl (C=O) groups excluding carboxylic acids is 1. The molecule has 2 aromatic carbocycles. The predicted molar refractivity (Wildman–Crippen MR) is 117 cm³/mol. The first-order valence-corrected chi connectivity index (χ1v) is 9.82. The van der Waals surface area contributed by atoms with Crippen LogP contribution in [0.2, 0.25) is 0 Å². The fourth-order valence-electron chi connectivity index (χ4n) is 3.16. The van der Waals surface area contributed by atoms with Gasteiger partial charge in [0.15, 0.2) is 5.78 Å². The van der Waals surface area contributed by atoms with Gasteiger partial charge in [0.05, 0.1) is 29.6 Å². The molecule has 6 heteroatoms. The molecule has 0 spiro atoms. The zero-order valence-corrected chi connectivity index (χ0v) is 17.1. The van der Waals surface area contributed by atoms with Crippen molar-refractivity contribution in [2.75, 3.05) is 0 Å². The lowest BCUT2D eigenvalue weighted by atomic mass is 10.0. The maximum atomic E-state index is 13.8. The van der Waals surface area contributed by atoms with Gasteiger partial charge in [-0.15, -0.1) is 0 Å². The van der Waals surface area contributed by atoms with Crippen molar-refractivity contribution in [3.05, 3.63) is 113 Å². The van der Waals surface area contributed by atoms with Gasteiger partial charge in [0.2, 0.25) is 0 Å². The van der Waals surface area contributed by atoms with E-state index in [9.17, 15) is 13.6 Å². The fraction of sp³-hybridized carbons (Fsp3) is 0.0769. The third-order valence-electron chi connectivity index (χ3n) is 4.81. The molecule has 0 aliphatic carbocycles. The molecule has 0 bridgehead atoms. The Balaban J connectivity index is 1.55. The van der Waals surface area contributed by atoms with Gasteiger partial charge < -0.3 is 0 Å². The lowest BCUT2D eigenvalue weighted by Crippen LogP contribution is -2.10. The number of aromatic nitrogens is 3. The standard InChI is InChI=1S/C26H17F2N3O/c1-17-7-8-18(9-10-19-4-3-11-29-14-19)12-21(17)24-16-30-20(15-31-24)13-25(32)26-22(27)5-2-6-23(26)28/h2-8,11-12,14-16H,13H2,1H3. The molecule has 2 aromatic heterocycles. The first kappa shape index (κ1) is 21.0. The van der Waals surface area contributed by atoms with Crippen LogP contribution in [-0.2, 0) is 6.42 Å². The van der Waals surface area contributed by atoms with Gasteiger partial charge in [0.25, 0.3) is 0 Å². The number of carbonyl (C=O) groups is 1. The molecule has 2 heterocycles. The summed E-state index contributed by atoms with van der Waals surface area (Å²) in [5.74, 6) is 3.71. The topological polar surface area (TPSA) is 55.7 Å². The molecule has 0 N–H and O–H groups in total. The minimum absolute atomic E-state index is 0.249. The van der Waals surface area contributed by atoms with Gasteiger partial charge in [-0.25, -0.2) is 8.78 Å². The smallest absolute Gasteiger partial charge is 0.174 e. The molecule has 0 aliphatic heterocycles. The van der Waals surface area contributed by atoms with Crippen LogP contribution in [0.3, 0.4) is 0 Å². The van der Waals surface area contributed by atoms with E-state index < -0.39 is 23.0 Å². The molecule has 156 valence electrons. The van der Waals surface area contributed by atoms with Gasteiger partial charge in [0, 0.05) is 35.3 Å². The number of hydrogen-bond acceptors (Lipinski definition) is 4. The van der Waals surface area contributed by atoms with Crippen LogP contribution < -0.4 is 0 Å². The van der Waals surface area contributed by atoms with E-state index in [1.165, 1.54) is 12.3 Å². The maximum absolute atomic E-state index is 13.8. The number of benzene rings is 2. The Labute approximate surface area is 184 Å². The van der Waals surface area contributed by atoms with Crippen LogP contribution in [-0.4, -0.2) is 20.7 Å². The first-order valence-electron chi connectivity index (χ1n) is 9.82. The fourth-order valence-corrected chi connectivity index (χ4v) is 3.16. The number of aryl methyl sites for hydroxylation is 1. The van der Waals surface area contributed by atoms with Crippen molar-refractivity contribution in [2.45, 2.75) is 13.3 Å². The normalized spacial score (nSPS) is 10.3. The highest BCUT2D eigenvalue weighted by Crippen LogP contribution is 2.22. The number of hydrogen-bond donors (Lipinski definition) is 0. The second kappa shape index (κ2) is 9.27. The summed E-state index contributed by atoms with van der Waals surface area (Å²) in [5.41, 5.74) is 3.85. The Morgan fingerprint density at radius 2 is 1.69 bits per heavy atom. The summed E-state index contributed by atoms with van der Waals surface area (Å²) in [6.07, 6.45) is 6.12. The van der Waals surface area contributed by atoms with Crippen molar-refractivity contribution in [3.8, 4) is 23.1 Å². The van der Waals surface area contributed by atoms with Crippen molar-refractivity contribution in [1.29, 1.82) is 0 Å². The van der Waals surface area contributed by atoms with Crippen molar-refractivity contribution < 1.29 is 13.6 Å². The largest absolute Gasteiger partial charge is 0.294 e. The van der Waals surface area contributed by atoms with E-state index >= 15 is 0 Å². The zero-order chi connectivity index (χ0) is 22.5. The van der Waals surface area contributed by atoms with Gasteiger partial charge in [0.1, 0.15) is 11.6 Å². The van der Waals surface area contributed by atoms with Crippen LogP contribution in [0.5, 0.6) is 0 Å². The van der Waals surface area contributed by atoms with Crippen molar-refractivity contribution >= 4 is 5.78 Å². The van der Waals surface area contributed by atoms with E-state index in [0.717, 1.165) is 34.4 Å². The summed E-state index contributed by atoms with van der Waals surface area (Å²) in [5, 5.41) is 0. The third kappa shape index (κ3) is 4.73. The third-order valence-corrected chi connectivity index (χ3v) is 4.81. The molecule has 0 saturated carbocycles. The van der Waals surface area contributed by atoms with E-state index in [1.54, 1.807) is 18.6 Å². The molecule has 0 amide bonds.